The van der Waals surface area contributed by atoms with Crippen LogP contribution in [0.5, 0.6) is 0 Å². The van der Waals surface area contributed by atoms with Gasteiger partial charge in [0, 0.05) is 18.7 Å². The molecule has 1 rings (SSSR count). The number of carbonyl (C=O) groups is 1. The lowest BCUT2D eigenvalue weighted by Crippen LogP contribution is -2.38. The number of aliphatic hydroxyl groups excluding tert-OH is 1. The Labute approximate surface area is 99.3 Å². The van der Waals surface area contributed by atoms with Gasteiger partial charge in [-0.2, -0.15) is 5.10 Å². The van der Waals surface area contributed by atoms with Crippen LogP contribution in [0.1, 0.15) is 19.0 Å². The van der Waals surface area contributed by atoms with Crippen molar-refractivity contribution in [3.05, 3.63) is 28.2 Å². The van der Waals surface area contributed by atoms with Gasteiger partial charge in [-0.15, -0.1) is 0 Å². The Morgan fingerprint density at radius 1 is 1.59 bits per heavy atom. The molecule has 0 spiro atoms. The second kappa shape index (κ2) is 6.15. The molecule has 1 amide bonds. The van der Waals surface area contributed by atoms with Gasteiger partial charge in [-0.25, -0.2) is 4.68 Å². The van der Waals surface area contributed by atoms with E-state index >= 15 is 0 Å². The average Bonchev–Trinajstić information content (AvgIpc) is 2.23. The first-order valence-corrected chi connectivity index (χ1v) is 5.48. The van der Waals surface area contributed by atoms with E-state index in [1.54, 1.807) is 19.9 Å². The molecule has 0 saturated carbocycles. The molecule has 0 saturated heterocycles. The zero-order valence-electron chi connectivity index (χ0n) is 10.0. The molecule has 1 aromatic rings. The summed E-state index contributed by atoms with van der Waals surface area (Å²) >= 11 is 0. The third kappa shape index (κ3) is 4.36. The van der Waals surface area contributed by atoms with Gasteiger partial charge in [0.15, 0.2) is 0 Å². The predicted molar refractivity (Wildman–Crippen MR) is 62.5 cm³/mol. The van der Waals surface area contributed by atoms with E-state index in [4.69, 9.17) is 5.11 Å². The lowest BCUT2D eigenvalue weighted by atomic mass is 10.2. The van der Waals surface area contributed by atoms with Gasteiger partial charge in [0.1, 0.15) is 6.54 Å². The van der Waals surface area contributed by atoms with Crippen molar-refractivity contribution >= 4 is 5.91 Å². The highest BCUT2D eigenvalue weighted by Gasteiger charge is 2.09. The van der Waals surface area contributed by atoms with Gasteiger partial charge in [-0.3, -0.25) is 9.59 Å². The molecule has 1 unspecified atom stereocenters. The van der Waals surface area contributed by atoms with Crippen LogP contribution < -0.4 is 10.9 Å². The number of amides is 1. The summed E-state index contributed by atoms with van der Waals surface area (Å²) in [5.74, 6) is -0.286. The van der Waals surface area contributed by atoms with E-state index < -0.39 is 0 Å². The summed E-state index contributed by atoms with van der Waals surface area (Å²) in [5.41, 5.74) is 0.376. The van der Waals surface area contributed by atoms with Crippen molar-refractivity contribution in [3.63, 3.8) is 0 Å². The molecule has 0 aromatic carbocycles. The molecule has 1 aromatic heterocycles. The standard InChI is InChI=1S/C11H17N3O3/c1-8(5-6-15)12-10(16)7-14-11(17)4-3-9(2)13-14/h3-4,8,15H,5-7H2,1-2H3,(H,12,16). The normalized spacial score (nSPS) is 12.2. The molecule has 0 fully saturated rings. The van der Waals surface area contributed by atoms with Gasteiger partial charge in [0.2, 0.25) is 5.91 Å². The fourth-order valence-electron chi connectivity index (χ4n) is 1.39. The van der Waals surface area contributed by atoms with Gasteiger partial charge in [-0.1, -0.05) is 0 Å². The quantitative estimate of drug-likeness (QED) is 0.721. The van der Waals surface area contributed by atoms with Crippen LogP contribution in [0.2, 0.25) is 0 Å². The summed E-state index contributed by atoms with van der Waals surface area (Å²) in [6.45, 7) is 3.46. The molecule has 0 aliphatic rings. The van der Waals surface area contributed by atoms with Crippen LogP contribution >= 0.6 is 0 Å². The third-order valence-corrected chi connectivity index (χ3v) is 2.26. The fraction of sp³-hybridized carbons (Fsp3) is 0.545. The van der Waals surface area contributed by atoms with Gasteiger partial charge in [0.05, 0.1) is 5.69 Å². The minimum atomic E-state index is -0.305. The summed E-state index contributed by atoms with van der Waals surface area (Å²) in [4.78, 5) is 23.0. The van der Waals surface area contributed by atoms with Gasteiger partial charge in [-0.05, 0) is 26.3 Å². The molecular formula is C11H17N3O3. The molecule has 0 aliphatic heterocycles. The van der Waals surface area contributed by atoms with Crippen LogP contribution in [0.3, 0.4) is 0 Å². The molecule has 0 radical (unpaired) electrons. The topological polar surface area (TPSA) is 84.2 Å². The average molecular weight is 239 g/mol. The van der Waals surface area contributed by atoms with Crippen molar-refractivity contribution in [1.82, 2.24) is 15.1 Å². The van der Waals surface area contributed by atoms with Crippen LogP contribution in [-0.4, -0.2) is 33.4 Å². The summed E-state index contributed by atoms with van der Waals surface area (Å²) < 4.78 is 1.12. The zero-order valence-corrected chi connectivity index (χ0v) is 10.0. The van der Waals surface area contributed by atoms with Crippen LogP contribution in [0.4, 0.5) is 0 Å². The van der Waals surface area contributed by atoms with Crippen molar-refractivity contribution in [3.8, 4) is 0 Å². The Bertz CT molecular complexity index is 442. The monoisotopic (exact) mass is 239 g/mol. The molecule has 17 heavy (non-hydrogen) atoms. The molecule has 0 aliphatic carbocycles. The van der Waals surface area contributed by atoms with Crippen molar-refractivity contribution < 1.29 is 9.90 Å². The smallest absolute Gasteiger partial charge is 0.267 e. The summed E-state index contributed by atoms with van der Waals surface area (Å²) in [6, 6.07) is 2.87. The van der Waals surface area contributed by atoms with Gasteiger partial charge >= 0.3 is 0 Å². The molecular weight excluding hydrogens is 222 g/mol. The van der Waals surface area contributed by atoms with Gasteiger partial charge < -0.3 is 10.4 Å². The third-order valence-electron chi connectivity index (χ3n) is 2.26. The van der Waals surface area contributed by atoms with Crippen molar-refractivity contribution in [2.24, 2.45) is 0 Å². The minimum Gasteiger partial charge on any atom is -0.396 e. The maximum absolute atomic E-state index is 11.6. The molecule has 1 atom stereocenters. The number of nitrogens with one attached hydrogen (secondary N) is 1. The number of hydrogen-bond acceptors (Lipinski definition) is 4. The first-order valence-electron chi connectivity index (χ1n) is 5.48. The maximum atomic E-state index is 11.6. The minimum absolute atomic E-state index is 0.0179. The first-order chi connectivity index (χ1) is 8.02. The number of nitrogens with zero attached hydrogens (tertiary/aromatic N) is 2. The fourth-order valence-corrected chi connectivity index (χ4v) is 1.39. The van der Waals surface area contributed by atoms with Crippen LogP contribution in [0.25, 0.3) is 0 Å². The van der Waals surface area contributed by atoms with Crippen molar-refractivity contribution in [2.45, 2.75) is 32.9 Å². The number of hydrogen-bond donors (Lipinski definition) is 2. The van der Waals surface area contributed by atoms with Crippen LogP contribution in [0, 0.1) is 6.92 Å². The van der Waals surface area contributed by atoms with Gasteiger partial charge in [0.25, 0.3) is 5.56 Å². The van der Waals surface area contributed by atoms with Crippen LogP contribution in [-0.2, 0) is 11.3 Å². The Morgan fingerprint density at radius 2 is 2.29 bits per heavy atom. The van der Waals surface area contributed by atoms with E-state index in [0.29, 0.717) is 12.1 Å². The lowest BCUT2D eigenvalue weighted by molar-refractivity contribution is -0.122. The SMILES string of the molecule is Cc1ccc(=O)n(CC(=O)NC(C)CCO)n1. The van der Waals surface area contributed by atoms with E-state index in [2.05, 4.69) is 10.4 Å². The number of aryl methyl sites for hydroxylation is 1. The molecule has 0 bridgehead atoms. The van der Waals surface area contributed by atoms with E-state index in [1.165, 1.54) is 6.07 Å². The predicted octanol–water partition coefficient (Wildman–Crippen LogP) is -0.561. The van der Waals surface area contributed by atoms with E-state index in [0.717, 1.165) is 4.68 Å². The highest BCUT2D eigenvalue weighted by Crippen LogP contribution is 1.90. The molecule has 6 nitrogen and oxygen atoms in total. The van der Waals surface area contributed by atoms with Crippen molar-refractivity contribution in [1.29, 1.82) is 0 Å². The lowest BCUT2D eigenvalue weighted by Gasteiger charge is -2.12. The summed E-state index contributed by atoms with van der Waals surface area (Å²) in [7, 11) is 0. The second-order valence-corrected chi connectivity index (χ2v) is 3.95. The Balaban J connectivity index is 2.62. The van der Waals surface area contributed by atoms with E-state index in [9.17, 15) is 9.59 Å². The van der Waals surface area contributed by atoms with Crippen LogP contribution in [0.15, 0.2) is 16.9 Å². The zero-order chi connectivity index (χ0) is 12.8. The van der Waals surface area contributed by atoms with E-state index in [1.807, 2.05) is 0 Å². The number of carbonyl (C=O) groups excluding carboxylic acids is 1. The summed E-state index contributed by atoms with van der Waals surface area (Å²) in [5, 5.41) is 15.3. The maximum Gasteiger partial charge on any atom is 0.267 e. The highest BCUT2D eigenvalue weighted by molar-refractivity contribution is 5.75. The Hall–Kier alpha value is -1.69. The summed E-state index contributed by atoms with van der Waals surface area (Å²) in [6.07, 6.45) is 0.488. The Kier molecular flexibility index (Phi) is 4.84. The molecule has 94 valence electrons. The number of rotatable bonds is 5. The first kappa shape index (κ1) is 13.4. The molecule has 6 heteroatoms. The van der Waals surface area contributed by atoms with Crippen molar-refractivity contribution in [2.75, 3.05) is 6.61 Å². The number of aromatic nitrogens is 2. The second-order valence-electron chi connectivity index (χ2n) is 3.95. The highest BCUT2D eigenvalue weighted by atomic mass is 16.3. The largest absolute Gasteiger partial charge is 0.396 e. The number of aliphatic hydroxyl groups is 1. The molecule has 1 heterocycles. The molecule has 2 N–H and O–H groups in total. The Morgan fingerprint density at radius 3 is 2.94 bits per heavy atom. The van der Waals surface area contributed by atoms with E-state index in [-0.39, 0.29) is 30.7 Å².